The minimum absolute atomic E-state index is 0.0330. The maximum Gasteiger partial charge on any atom is 0.303 e. The molecular weight excluding hydrogens is 222 g/mol. The molecule has 5 nitrogen and oxygen atoms in total. The number of hydrogen-bond donors (Lipinski definition) is 3. The molecule has 0 aliphatic rings. The number of para-hydroxylation sites is 2. The Hall–Kier alpha value is -1.75. The fourth-order valence-electron chi connectivity index (χ4n) is 1.41. The Morgan fingerprint density at radius 2 is 2.18 bits per heavy atom. The van der Waals surface area contributed by atoms with Crippen molar-refractivity contribution in [2.75, 3.05) is 19.0 Å². The van der Waals surface area contributed by atoms with Gasteiger partial charge in [-0.05, 0) is 18.6 Å². The Balaban J connectivity index is 2.41. The maximum atomic E-state index is 10.3. The standard InChI is InChI=1S/C12H17NO4/c1-17-11-5-3-2-4-10(11)13-8-9(14)6-7-12(15)16/h2-5,9,13-14H,6-8H2,1H3,(H,15,16). The molecule has 0 aromatic heterocycles. The van der Waals surface area contributed by atoms with Crippen molar-refractivity contribution in [2.24, 2.45) is 0 Å². The number of benzene rings is 1. The number of anilines is 1. The lowest BCUT2D eigenvalue weighted by Crippen LogP contribution is -2.20. The predicted octanol–water partition coefficient (Wildman–Crippen LogP) is 1.33. The molecule has 1 atom stereocenters. The van der Waals surface area contributed by atoms with Gasteiger partial charge in [-0.15, -0.1) is 0 Å². The Labute approximate surface area is 100 Å². The monoisotopic (exact) mass is 239 g/mol. The Morgan fingerprint density at radius 3 is 2.82 bits per heavy atom. The van der Waals surface area contributed by atoms with Crippen molar-refractivity contribution in [3.05, 3.63) is 24.3 Å². The van der Waals surface area contributed by atoms with Crippen molar-refractivity contribution < 1.29 is 19.7 Å². The van der Waals surface area contributed by atoms with Gasteiger partial charge in [0.05, 0.1) is 18.9 Å². The first-order valence-electron chi connectivity index (χ1n) is 5.40. The Bertz CT molecular complexity index is 367. The average Bonchev–Trinajstić information content (AvgIpc) is 2.34. The highest BCUT2D eigenvalue weighted by molar-refractivity contribution is 5.66. The molecule has 0 aliphatic carbocycles. The summed E-state index contributed by atoms with van der Waals surface area (Å²) in [7, 11) is 1.57. The van der Waals surface area contributed by atoms with Crippen molar-refractivity contribution in [1.82, 2.24) is 0 Å². The fraction of sp³-hybridized carbons (Fsp3) is 0.417. The summed E-state index contributed by atoms with van der Waals surface area (Å²) in [5, 5.41) is 21.1. The summed E-state index contributed by atoms with van der Waals surface area (Å²) >= 11 is 0. The van der Waals surface area contributed by atoms with E-state index in [1.54, 1.807) is 7.11 Å². The average molecular weight is 239 g/mol. The predicted molar refractivity (Wildman–Crippen MR) is 64.4 cm³/mol. The van der Waals surface area contributed by atoms with Gasteiger partial charge in [0.25, 0.3) is 0 Å². The van der Waals surface area contributed by atoms with Gasteiger partial charge in [-0.1, -0.05) is 12.1 Å². The van der Waals surface area contributed by atoms with E-state index in [1.807, 2.05) is 24.3 Å². The number of carboxylic acid groups (broad SMARTS) is 1. The van der Waals surface area contributed by atoms with Crippen molar-refractivity contribution >= 4 is 11.7 Å². The first kappa shape index (κ1) is 13.3. The number of aliphatic carboxylic acids is 1. The van der Waals surface area contributed by atoms with E-state index in [2.05, 4.69) is 5.32 Å². The number of hydrogen-bond acceptors (Lipinski definition) is 4. The third-order valence-electron chi connectivity index (χ3n) is 2.33. The van der Waals surface area contributed by atoms with Crippen molar-refractivity contribution in [2.45, 2.75) is 18.9 Å². The van der Waals surface area contributed by atoms with Crippen molar-refractivity contribution in [3.63, 3.8) is 0 Å². The molecule has 1 unspecified atom stereocenters. The minimum Gasteiger partial charge on any atom is -0.495 e. The highest BCUT2D eigenvalue weighted by atomic mass is 16.5. The van der Waals surface area contributed by atoms with Crippen LogP contribution in [0.5, 0.6) is 5.75 Å². The molecular formula is C12H17NO4. The van der Waals surface area contributed by atoms with E-state index in [0.29, 0.717) is 12.3 Å². The van der Waals surface area contributed by atoms with Gasteiger partial charge in [0.2, 0.25) is 0 Å². The van der Waals surface area contributed by atoms with Gasteiger partial charge in [-0.3, -0.25) is 4.79 Å². The Morgan fingerprint density at radius 1 is 1.47 bits per heavy atom. The lowest BCUT2D eigenvalue weighted by molar-refractivity contribution is -0.137. The molecule has 0 aliphatic heterocycles. The van der Waals surface area contributed by atoms with Crippen LogP contribution in [-0.2, 0) is 4.79 Å². The van der Waals surface area contributed by atoms with E-state index in [4.69, 9.17) is 9.84 Å². The third kappa shape index (κ3) is 4.74. The number of rotatable bonds is 7. The summed E-state index contributed by atoms with van der Waals surface area (Å²) in [6.45, 7) is 0.299. The summed E-state index contributed by atoms with van der Waals surface area (Å²) < 4.78 is 5.14. The summed E-state index contributed by atoms with van der Waals surface area (Å²) in [4.78, 5) is 10.3. The van der Waals surface area contributed by atoms with Gasteiger partial charge in [0.1, 0.15) is 5.75 Å². The summed E-state index contributed by atoms with van der Waals surface area (Å²) in [6, 6.07) is 7.36. The smallest absolute Gasteiger partial charge is 0.303 e. The number of ether oxygens (including phenoxy) is 1. The first-order valence-corrected chi connectivity index (χ1v) is 5.40. The molecule has 0 amide bonds. The summed E-state index contributed by atoms with van der Waals surface area (Å²) in [6.07, 6.45) is -0.484. The second-order valence-corrected chi connectivity index (χ2v) is 3.67. The fourth-order valence-corrected chi connectivity index (χ4v) is 1.41. The molecule has 1 aromatic carbocycles. The lowest BCUT2D eigenvalue weighted by atomic mass is 10.2. The molecule has 0 spiro atoms. The molecule has 5 heteroatoms. The van der Waals surface area contributed by atoms with Gasteiger partial charge in [-0.25, -0.2) is 0 Å². The molecule has 0 saturated carbocycles. The zero-order valence-electron chi connectivity index (χ0n) is 9.72. The normalized spacial score (nSPS) is 11.9. The van der Waals surface area contributed by atoms with Gasteiger partial charge in [0, 0.05) is 13.0 Å². The van der Waals surface area contributed by atoms with Gasteiger partial charge < -0.3 is 20.3 Å². The zero-order valence-corrected chi connectivity index (χ0v) is 9.72. The number of aliphatic hydroxyl groups is 1. The number of methoxy groups -OCH3 is 1. The van der Waals surface area contributed by atoms with Gasteiger partial charge >= 0.3 is 5.97 Å². The van der Waals surface area contributed by atoms with Crippen LogP contribution < -0.4 is 10.1 Å². The number of nitrogens with one attached hydrogen (secondary N) is 1. The van der Waals surface area contributed by atoms with Crippen LogP contribution >= 0.6 is 0 Å². The molecule has 0 bridgehead atoms. The molecule has 1 aromatic rings. The highest BCUT2D eigenvalue weighted by Crippen LogP contribution is 2.22. The topological polar surface area (TPSA) is 78.8 Å². The molecule has 3 N–H and O–H groups in total. The van der Waals surface area contributed by atoms with Crippen molar-refractivity contribution in [3.8, 4) is 5.75 Å². The van der Waals surface area contributed by atoms with E-state index >= 15 is 0 Å². The molecule has 1 rings (SSSR count). The van der Waals surface area contributed by atoms with Gasteiger partial charge in [0.15, 0.2) is 0 Å². The SMILES string of the molecule is COc1ccccc1NCC(O)CCC(=O)O. The maximum absolute atomic E-state index is 10.3. The van der Waals surface area contributed by atoms with Crippen LogP contribution in [0.4, 0.5) is 5.69 Å². The molecule has 94 valence electrons. The van der Waals surface area contributed by atoms with E-state index in [9.17, 15) is 9.90 Å². The second kappa shape index (κ2) is 6.75. The first-order chi connectivity index (χ1) is 8.13. The third-order valence-corrected chi connectivity index (χ3v) is 2.33. The summed E-state index contributed by atoms with van der Waals surface area (Å²) in [5.74, 6) is -0.209. The van der Waals surface area contributed by atoms with E-state index < -0.39 is 12.1 Å². The molecule has 0 radical (unpaired) electrons. The quantitative estimate of drug-likeness (QED) is 0.669. The van der Waals surface area contributed by atoms with Crippen LogP contribution in [0.1, 0.15) is 12.8 Å². The van der Waals surface area contributed by atoms with Crippen LogP contribution in [0.2, 0.25) is 0 Å². The van der Waals surface area contributed by atoms with Crippen LogP contribution in [0.15, 0.2) is 24.3 Å². The minimum atomic E-state index is -0.902. The van der Waals surface area contributed by atoms with Crippen LogP contribution in [0.25, 0.3) is 0 Å². The number of carbonyl (C=O) groups is 1. The summed E-state index contributed by atoms with van der Waals surface area (Å²) in [5.41, 5.74) is 0.782. The largest absolute Gasteiger partial charge is 0.495 e. The van der Waals surface area contributed by atoms with Crippen LogP contribution in [0.3, 0.4) is 0 Å². The zero-order chi connectivity index (χ0) is 12.7. The number of carboxylic acids is 1. The van der Waals surface area contributed by atoms with Crippen LogP contribution in [0, 0.1) is 0 Å². The molecule has 0 fully saturated rings. The molecule has 17 heavy (non-hydrogen) atoms. The van der Waals surface area contributed by atoms with Gasteiger partial charge in [-0.2, -0.15) is 0 Å². The Kier molecular flexibility index (Phi) is 5.29. The van der Waals surface area contributed by atoms with E-state index in [1.165, 1.54) is 0 Å². The van der Waals surface area contributed by atoms with E-state index in [0.717, 1.165) is 5.69 Å². The van der Waals surface area contributed by atoms with Crippen LogP contribution in [-0.4, -0.2) is 35.9 Å². The number of aliphatic hydroxyl groups excluding tert-OH is 1. The molecule has 0 saturated heterocycles. The second-order valence-electron chi connectivity index (χ2n) is 3.67. The van der Waals surface area contributed by atoms with Crippen molar-refractivity contribution in [1.29, 1.82) is 0 Å². The molecule has 0 heterocycles. The highest BCUT2D eigenvalue weighted by Gasteiger charge is 2.08. The van der Waals surface area contributed by atoms with E-state index in [-0.39, 0.29) is 12.8 Å². The lowest BCUT2D eigenvalue weighted by Gasteiger charge is -2.14.